The molecule has 1 aromatic carbocycles. The van der Waals surface area contributed by atoms with Gasteiger partial charge in [-0.3, -0.25) is 4.79 Å². The van der Waals surface area contributed by atoms with Gasteiger partial charge in [-0.2, -0.15) is 0 Å². The lowest BCUT2D eigenvalue weighted by molar-refractivity contribution is 0.641. The predicted molar refractivity (Wildman–Crippen MR) is 75.2 cm³/mol. The summed E-state index contributed by atoms with van der Waals surface area (Å²) in [6, 6.07) is 12.2. The second-order valence-corrected chi connectivity index (χ2v) is 6.09. The van der Waals surface area contributed by atoms with Crippen molar-refractivity contribution in [1.29, 1.82) is 0 Å². The van der Waals surface area contributed by atoms with E-state index in [1.54, 1.807) is 6.07 Å². The van der Waals surface area contributed by atoms with Crippen LogP contribution in [0.5, 0.6) is 0 Å². The standard InChI is InChI=1S/C15H15NOS/c1-11-6-7-16(15(17)8-11)10-13-9-12-4-2-3-5-14(12)18-13/h2-8,13H,9-10H2,1H3. The van der Waals surface area contributed by atoms with Crippen LogP contribution in [0.1, 0.15) is 11.1 Å². The molecule has 1 aliphatic rings. The summed E-state index contributed by atoms with van der Waals surface area (Å²) in [6.45, 7) is 2.74. The summed E-state index contributed by atoms with van der Waals surface area (Å²) in [5.41, 5.74) is 2.54. The van der Waals surface area contributed by atoms with Gasteiger partial charge in [0.05, 0.1) is 0 Å². The van der Waals surface area contributed by atoms with E-state index >= 15 is 0 Å². The molecule has 3 heteroatoms. The van der Waals surface area contributed by atoms with E-state index in [2.05, 4.69) is 24.3 Å². The molecule has 2 heterocycles. The SMILES string of the molecule is Cc1ccn(CC2Cc3ccccc3S2)c(=O)c1. The molecule has 0 fully saturated rings. The molecule has 0 bridgehead atoms. The quantitative estimate of drug-likeness (QED) is 0.825. The van der Waals surface area contributed by atoms with Gasteiger partial charge in [-0.05, 0) is 36.6 Å². The molecule has 2 nitrogen and oxygen atoms in total. The number of aromatic nitrogens is 1. The van der Waals surface area contributed by atoms with Gasteiger partial charge in [0.15, 0.2) is 0 Å². The highest BCUT2D eigenvalue weighted by atomic mass is 32.2. The van der Waals surface area contributed by atoms with Crippen molar-refractivity contribution >= 4 is 11.8 Å². The van der Waals surface area contributed by atoms with Gasteiger partial charge in [0.25, 0.3) is 5.56 Å². The van der Waals surface area contributed by atoms with Crippen LogP contribution in [0, 0.1) is 6.92 Å². The Morgan fingerprint density at radius 3 is 2.94 bits per heavy atom. The van der Waals surface area contributed by atoms with Crippen molar-refractivity contribution in [3.05, 3.63) is 64.1 Å². The minimum absolute atomic E-state index is 0.103. The summed E-state index contributed by atoms with van der Waals surface area (Å²) in [5.74, 6) is 0. The highest BCUT2D eigenvalue weighted by Gasteiger charge is 2.22. The van der Waals surface area contributed by atoms with Crippen LogP contribution in [-0.4, -0.2) is 9.82 Å². The van der Waals surface area contributed by atoms with Crippen LogP contribution in [0.2, 0.25) is 0 Å². The molecule has 0 saturated carbocycles. The van der Waals surface area contributed by atoms with E-state index < -0.39 is 0 Å². The van der Waals surface area contributed by atoms with Gasteiger partial charge >= 0.3 is 0 Å². The van der Waals surface area contributed by atoms with Gasteiger partial charge in [0, 0.05) is 29.0 Å². The van der Waals surface area contributed by atoms with Crippen LogP contribution in [-0.2, 0) is 13.0 Å². The molecule has 0 radical (unpaired) electrons. The molecule has 1 aromatic heterocycles. The van der Waals surface area contributed by atoms with Crippen LogP contribution in [0.25, 0.3) is 0 Å². The van der Waals surface area contributed by atoms with Crippen LogP contribution >= 0.6 is 11.8 Å². The summed E-state index contributed by atoms with van der Waals surface area (Å²) in [6.07, 6.45) is 2.96. The maximum Gasteiger partial charge on any atom is 0.250 e. The maximum atomic E-state index is 11.9. The topological polar surface area (TPSA) is 22.0 Å². The molecule has 3 rings (SSSR count). The number of pyridine rings is 1. The van der Waals surface area contributed by atoms with Crippen molar-refractivity contribution in [1.82, 2.24) is 4.57 Å². The minimum Gasteiger partial charge on any atom is -0.314 e. The fourth-order valence-corrected chi connectivity index (χ4v) is 3.65. The first-order valence-corrected chi connectivity index (χ1v) is 7.02. The van der Waals surface area contributed by atoms with Crippen molar-refractivity contribution in [2.75, 3.05) is 0 Å². The molecule has 1 atom stereocenters. The Balaban J connectivity index is 1.78. The highest BCUT2D eigenvalue weighted by Crippen LogP contribution is 2.37. The summed E-state index contributed by atoms with van der Waals surface area (Å²) in [4.78, 5) is 13.2. The van der Waals surface area contributed by atoms with E-state index in [0.717, 1.165) is 18.5 Å². The second kappa shape index (κ2) is 4.65. The van der Waals surface area contributed by atoms with Gasteiger partial charge in [0.1, 0.15) is 0 Å². The summed E-state index contributed by atoms with van der Waals surface area (Å²) < 4.78 is 1.82. The molecule has 0 aliphatic carbocycles. The number of hydrogen-bond donors (Lipinski definition) is 0. The van der Waals surface area contributed by atoms with Crippen molar-refractivity contribution in [2.24, 2.45) is 0 Å². The molecule has 0 saturated heterocycles. The number of fused-ring (bicyclic) bond motifs is 1. The fraction of sp³-hybridized carbons (Fsp3) is 0.267. The van der Waals surface area contributed by atoms with Crippen molar-refractivity contribution in [2.45, 2.75) is 30.0 Å². The number of hydrogen-bond acceptors (Lipinski definition) is 2. The Morgan fingerprint density at radius 1 is 1.33 bits per heavy atom. The van der Waals surface area contributed by atoms with E-state index in [1.165, 1.54) is 10.5 Å². The van der Waals surface area contributed by atoms with Crippen molar-refractivity contribution in [3.63, 3.8) is 0 Å². The smallest absolute Gasteiger partial charge is 0.250 e. The minimum atomic E-state index is 0.103. The zero-order valence-electron chi connectivity index (χ0n) is 10.3. The van der Waals surface area contributed by atoms with Crippen LogP contribution in [0.15, 0.2) is 52.3 Å². The third-order valence-electron chi connectivity index (χ3n) is 3.27. The summed E-state index contributed by atoms with van der Waals surface area (Å²) >= 11 is 1.88. The van der Waals surface area contributed by atoms with Gasteiger partial charge in [0.2, 0.25) is 0 Å². The van der Waals surface area contributed by atoms with E-state index in [4.69, 9.17) is 0 Å². The number of rotatable bonds is 2. The first-order valence-electron chi connectivity index (χ1n) is 6.14. The first-order chi connectivity index (χ1) is 8.72. The van der Waals surface area contributed by atoms with Gasteiger partial charge in [-0.25, -0.2) is 0 Å². The fourth-order valence-electron chi connectivity index (χ4n) is 2.33. The second-order valence-electron chi connectivity index (χ2n) is 4.75. The average Bonchev–Trinajstić information content (AvgIpc) is 2.75. The zero-order chi connectivity index (χ0) is 12.5. The van der Waals surface area contributed by atoms with Crippen LogP contribution in [0.4, 0.5) is 0 Å². The van der Waals surface area contributed by atoms with Crippen LogP contribution in [0.3, 0.4) is 0 Å². The molecule has 0 N–H and O–H groups in total. The maximum absolute atomic E-state index is 11.9. The molecular formula is C15H15NOS. The van der Waals surface area contributed by atoms with E-state index in [1.807, 2.05) is 35.5 Å². The van der Waals surface area contributed by atoms with Gasteiger partial charge < -0.3 is 4.57 Å². The Kier molecular flexibility index (Phi) is 3.00. The molecule has 2 aromatic rings. The molecule has 18 heavy (non-hydrogen) atoms. The molecular weight excluding hydrogens is 242 g/mol. The number of benzene rings is 1. The average molecular weight is 257 g/mol. The molecule has 0 amide bonds. The largest absolute Gasteiger partial charge is 0.314 e. The lowest BCUT2D eigenvalue weighted by atomic mass is 10.1. The Labute approximate surface area is 111 Å². The van der Waals surface area contributed by atoms with Crippen molar-refractivity contribution in [3.8, 4) is 0 Å². The zero-order valence-corrected chi connectivity index (χ0v) is 11.1. The Bertz CT molecular complexity index is 607. The number of nitrogens with zero attached hydrogens (tertiary/aromatic N) is 1. The third kappa shape index (κ3) is 2.23. The first kappa shape index (κ1) is 11.6. The van der Waals surface area contributed by atoms with Gasteiger partial charge in [-0.1, -0.05) is 18.2 Å². The lowest BCUT2D eigenvalue weighted by Gasteiger charge is -2.11. The predicted octanol–water partition coefficient (Wildman–Crippen LogP) is 2.87. The monoisotopic (exact) mass is 257 g/mol. The molecule has 1 unspecified atom stereocenters. The van der Waals surface area contributed by atoms with Crippen molar-refractivity contribution < 1.29 is 0 Å². The van der Waals surface area contributed by atoms with Gasteiger partial charge in [-0.15, -0.1) is 11.8 Å². The highest BCUT2D eigenvalue weighted by molar-refractivity contribution is 8.00. The number of thioether (sulfide) groups is 1. The van der Waals surface area contributed by atoms with Crippen LogP contribution < -0.4 is 5.56 Å². The molecule has 1 aliphatic heterocycles. The van der Waals surface area contributed by atoms with E-state index in [0.29, 0.717) is 5.25 Å². The molecule has 0 spiro atoms. The molecule has 92 valence electrons. The van der Waals surface area contributed by atoms with E-state index in [9.17, 15) is 4.79 Å². The third-order valence-corrected chi connectivity index (χ3v) is 4.57. The summed E-state index contributed by atoms with van der Waals surface area (Å²) in [5, 5.41) is 0.475. The Morgan fingerprint density at radius 2 is 2.17 bits per heavy atom. The Hall–Kier alpha value is -1.48. The van der Waals surface area contributed by atoms with E-state index in [-0.39, 0.29) is 5.56 Å². The number of aryl methyl sites for hydroxylation is 1. The lowest BCUT2D eigenvalue weighted by Crippen LogP contribution is -2.24. The normalized spacial score (nSPS) is 17.7. The summed E-state index contributed by atoms with van der Waals surface area (Å²) in [7, 11) is 0.